The molecular weight excluding hydrogens is 420 g/mol. The summed E-state index contributed by atoms with van der Waals surface area (Å²) >= 11 is 0. The zero-order valence-electron chi connectivity index (χ0n) is 18.9. The molecule has 0 aliphatic rings. The van der Waals surface area contributed by atoms with Crippen molar-refractivity contribution in [2.45, 2.75) is 20.5 Å². The molecule has 170 valence electrons. The highest BCUT2D eigenvalue weighted by Gasteiger charge is 2.09. The lowest BCUT2D eigenvalue weighted by atomic mass is 10.1. The molecule has 6 nitrogen and oxygen atoms in total. The standard InChI is InChI=1S/C27H26O6/c1-4-31-27(29)21-11-13-23(14-12-21)33-26(28)16-10-20-9-15-24(25(17-20)30-3)32-18-22-8-6-5-7-19(22)2/h5-17H,4,18H2,1-3H3/b16-10+. The van der Waals surface area contributed by atoms with Gasteiger partial charge in [-0.2, -0.15) is 0 Å². The van der Waals surface area contributed by atoms with E-state index in [1.807, 2.05) is 37.3 Å². The Morgan fingerprint density at radius 1 is 0.939 bits per heavy atom. The van der Waals surface area contributed by atoms with Gasteiger partial charge in [0.05, 0.1) is 19.3 Å². The van der Waals surface area contributed by atoms with E-state index in [2.05, 4.69) is 0 Å². The fourth-order valence-corrected chi connectivity index (χ4v) is 3.02. The number of aryl methyl sites for hydroxylation is 1. The highest BCUT2D eigenvalue weighted by atomic mass is 16.5. The van der Waals surface area contributed by atoms with Crippen molar-refractivity contribution in [3.8, 4) is 17.2 Å². The van der Waals surface area contributed by atoms with Crippen LogP contribution in [0.2, 0.25) is 0 Å². The van der Waals surface area contributed by atoms with E-state index in [-0.39, 0.29) is 0 Å². The van der Waals surface area contributed by atoms with Gasteiger partial charge < -0.3 is 18.9 Å². The van der Waals surface area contributed by atoms with Crippen molar-refractivity contribution in [2.24, 2.45) is 0 Å². The van der Waals surface area contributed by atoms with Crippen LogP contribution in [0.5, 0.6) is 17.2 Å². The zero-order valence-corrected chi connectivity index (χ0v) is 18.9. The van der Waals surface area contributed by atoms with Crippen molar-refractivity contribution in [2.75, 3.05) is 13.7 Å². The van der Waals surface area contributed by atoms with Crippen molar-refractivity contribution in [1.29, 1.82) is 0 Å². The van der Waals surface area contributed by atoms with Gasteiger partial charge in [0.1, 0.15) is 12.4 Å². The summed E-state index contributed by atoms with van der Waals surface area (Å²) in [6.07, 6.45) is 2.95. The number of rotatable bonds is 9. The number of hydrogen-bond donors (Lipinski definition) is 0. The first kappa shape index (κ1) is 23.6. The molecule has 0 N–H and O–H groups in total. The van der Waals surface area contributed by atoms with Gasteiger partial charge in [-0.25, -0.2) is 9.59 Å². The van der Waals surface area contributed by atoms with Gasteiger partial charge in [0.25, 0.3) is 0 Å². The number of esters is 2. The first-order chi connectivity index (χ1) is 16.0. The van der Waals surface area contributed by atoms with Gasteiger partial charge in [0.15, 0.2) is 11.5 Å². The summed E-state index contributed by atoms with van der Waals surface area (Å²) in [4.78, 5) is 23.8. The van der Waals surface area contributed by atoms with Crippen molar-refractivity contribution >= 4 is 18.0 Å². The van der Waals surface area contributed by atoms with Crippen LogP contribution in [0.15, 0.2) is 72.8 Å². The molecule has 0 heterocycles. The molecule has 0 aliphatic heterocycles. The van der Waals surface area contributed by atoms with E-state index in [0.29, 0.717) is 36.0 Å². The second kappa shape index (κ2) is 11.5. The highest BCUT2D eigenvalue weighted by molar-refractivity contribution is 5.90. The third kappa shape index (κ3) is 6.71. The summed E-state index contributed by atoms with van der Waals surface area (Å²) < 4.78 is 21.6. The monoisotopic (exact) mass is 446 g/mol. The minimum Gasteiger partial charge on any atom is -0.493 e. The number of carbonyl (C=O) groups excluding carboxylic acids is 2. The lowest BCUT2D eigenvalue weighted by Crippen LogP contribution is -2.06. The predicted octanol–water partition coefficient (Wildman–Crippen LogP) is 5.38. The average molecular weight is 446 g/mol. The molecule has 0 fully saturated rings. The molecule has 0 atom stereocenters. The van der Waals surface area contributed by atoms with Gasteiger partial charge in [-0.15, -0.1) is 0 Å². The Hall–Kier alpha value is -4.06. The third-order valence-corrected chi connectivity index (χ3v) is 4.83. The van der Waals surface area contributed by atoms with Gasteiger partial charge in [-0.1, -0.05) is 30.3 Å². The molecule has 0 bridgehead atoms. The quantitative estimate of drug-likeness (QED) is 0.250. The Bertz CT molecular complexity index is 1130. The third-order valence-electron chi connectivity index (χ3n) is 4.83. The Kier molecular flexibility index (Phi) is 8.24. The van der Waals surface area contributed by atoms with E-state index in [9.17, 15) is 9.59 Å². The van der Waals surface area contributed by atoms with Crippen LogP contribution in [-0.2, 0) is 16.1 Å². The van der Waals surface area contributed by atoms with Crippen LogP contribution in [-0.4, -0.2) is 25.7 Å². The molecule has 0 spiro atoms. The van der Waals surface area contributed by atoms with Crippen molar-refractivity contribution in [3.05, 3.63) is 95.1 Å². The molecule has 0 amide bonds. The van der Waals surface area contributed by atoms with E-state index in [4.69, 9.17) is 18.9 Å². The fraction of sp³-hybridized carbons (Fsp3) is 0.185. The normalized spacial score (nSPS) is 10.6. The summed E-state index contributed by atoms with van der Waals surface area (Å²) in [6, 6.07) is 19.6. The molecule has 3 aromatic rings. The summed E-state index contributed by atoms with van der Waals surface area (Å²) in [5.74, 6) is 0.541. The van der Waals surface area contributed by atoms with E-state index >= 15 is 0 Å². The Morgan fingerprint density at radius 3 is 2.39 bits per heavy atom. The first-order valence-electron chi connectivity index (χ1n) is 10.5. The summed E-state index contributed by atoms with van der Waals surface area (Å²) in [5, 5.41) is 0. The van der Waals surface area contributed by atoms with Crippen molar-refractivity contribution < 1.29 is 28.5 Å². The summed E-state index contributed by atoms with van der Waals surface area (Å²) in [5.41, 5.74) is 3.40. The minimum atomic E-state index is -0.544. The summed E-state index contributed by atoms with van der Waals surface area (Å²) in [7, 11) is 1.57. The number of ether oxygens (including phenoxy) is 4. The largest absolute Gasteiger partial charge is 0.493 e. The molecule has 33 heavy (non-hydrogen) atoms. The molecule has 6 heteroatoms. The SMILES string of the molecule is CCOC(=O)c1ccc(OC(=O)/C=C/c2ccc(OCc3ccccc3C)c(OC)c2)cc1. The molecule has 0 saturated heterocycles. The molecule has 0 aliphatic carbocycles. The molecular formula is C27H26O6. The maximum Gasteiger partial charge on any atom is 0.338 e. The highest BCUT2D eigenvalue weighted by Crippen LogP contribution is 2.29. The topological polar surface area (TPSA) is 71.1 Å². The van der Waals surface area contributed by atoms with Crippen LogP contribution in [0.4, 0.5) is 0 Å². The second-order valence-electron chi connectivity index (χ2n) is 7.12. The average Bonchev–Trinajstić information content (AvgIpc) is 2.83. The van der Waals surface area contributed by atoms with Crippen LogP contribution >= 0.6 is 0 Å². The van der Waals surface area contributed by atoms with Gasteiger partial charge in [-0.05, 0) is 73.0 Å². The summed E-state index contributed by atoms with van der Waals surface area (Å²) in [6.45, 7) is 4.50. The minimum absolute atomic E-state index is 0.297. The van der Waals surface area contributed by atoms with Gasteiger partial charge >= 0.3 is 11.9 Å². The lowest BCUT2D eigenvalue weighted by Gasteiger charge is -2.12. The molecule has 0 radical (unpaired) electrons. The van der Waals surface area contributed by atoms with Gasteiger partial charge in [-0.3, -0.25) is 0 Å². The van der Waals surface area contributed by atoms with E-state index < -0.39 is 11.9 Å². The van der Waals surface area contributed by atoms with Gasteiger partial charge in [0, 0.05) is 6.08 Å². The van der Waals surface area contributed by atoms with Crippen LogP contribution in [0, 0.1) is 6.92 Å². The number of hydrogen-bond acceptors (Lipinski definition) is 6. The van der Waals surface area contributed by atoms with Gasteiger partial charge in [0.2, 0.25) is 0 Å². The molecule has 0 aromatic heterocycles. The van der Waals surface area contributed by atoms with Crippen molar-refractivity contribution in [1.82, 2.24) is 0 Å². The number of benzene rings is 3. The van der Waals surface area contributed by atoms with E-state index in [1.165, 1.54) is 6.08 Å². The Labute approximate surface area is 193 Å². The molecule has 0 unspecified atom stereocenters. The van der Waals surface area contributed by atoms with Crippen LogP contribution in [0.1, 0.15) is 34.0 Å². The van der Waals surface area contributed by atoms with E-state index in [0.717, 1.165) is 16.7 Å². The molecule has 3 rings (SSSR count). The lowest BCUT2D eigenvalue weighted by molar-refractivity contribution is -0.128. The predicted molar refractivity (Wildman–Crippen MR) is 126 cm³/mol. The Balaban J connectivity index is 1.60. The second-order valence-corrected chi connectivity index (χ2v) is 7.12. The van der Waals surface area contributed by atoms with Crippen LogP contribution in [0.3, 0.4) is 0 Å². The fourth-order valence-electron chi connectivity index (χ4n) is 3.02. The maximum atomic E-state index is 12.2. The smallest absolute Gasteiger partial charge is 0.338 e. The van der Waals surface area contributed by atoms with Crippen LogP contribution in [0.25, 0.3) is 6.08 Å². The number of methoxy groups -OCH3 is 1. The molecule has 3 aromatic carbocycles. The van der Waals surface area contributed by atoms with E-state index in [1.54, 1.807) is 56.5 Å². The first-order valence-corrected chi connectivity index (χ1v) is 10.5. The van der Waals surface area contributed by atoms with Crippen LogP contribution < -0.4 is 14.2 Å². The molecule has 0 saturated carbocycles. The number of carbonyl (C=O) groups is 2. The Morgan fingerprint density at radius 2 is 1.70 bits per heavy atom. The maximum absolute atomic E-state index is 12.2. The zero-order chi connectivity index (χ0) is 23.6. The van der Waals surface area contributed by atoms with Crippen molar-refractivity contribution in [3.63, 3.8) is 0 Å².